The van der Waals surface area contributed by atoms with E-state index in [1.165, 1.54) is 0 Å². The lowest BCUT2D eigenvalue weighted by Gasteiger charge is -2.25. The Morgan fingerprint density at radius 3 is 2.30 bits per heavy atom. The summed E-state index contributed by atoms with van der Waals surface area (Å²) in [6.45, 7) is 9.71. The first-order valence-corrected chi connectivity index (χ1v) is 6.53. The summed E-state index contributed by atoms with van der Waals surface area (Å²) in [6, 6.07) is 3.83. The molecule has 0 spiro atoms. The molecule has 1 rings (SSSR count). The molecule has 114 valence electrons. The zero-order valence-corrected chi connectivity index (χ0v) is 12.8. The summed E-state index contributed by atoms with van der Waals surface area (Å²) in [5.74, 6) is 0.759. The molecule has 1 aromatic carbocycles. The topological polar surface area (TPSA) is 92.8 Å². The molecule has 0 saturated heterocycles. The van der Waals surface area contributed by atoms with Crippen LogP contribution in [0.1, 0.15) is 50.4 Å². The number of carbonyl (C=O) groups is 1. The molecule has 20 heavy (non-hydrogen) atoms. The predicted octanol–water partition coefficient (Wildman–Crippen LogP) is 2.34. The molecule has 5 nitrogen and oxygen atoms in total. The fraction of sp³-hybridized carbons (Fsp3) is 0.533. The van der Waals surface area contributed by atoms with Crippen LogP contribution in [-0.4, -0.2) is 23.3 Å². The molecule has 0 bridgehead atoms. The van der Waals surface area contributed by atoms with E-state index in [9.17, 15) is 5.11 Å². The fourth-order valence-electron chi connectivity index (χ4n) is 2.01. The van der Waals surface area contributed by atoms with Gasteiger partial charge in [0, 0.05) is 11.6 Å². The Bertz CT molecular complexity index is 436. The number of hydrogen-bond acceptors (Lipinski definition) is 4. The van der Waals surface area contributed by atoms with E-state index in [0.29, 0.717) is 6.61 Å². The summed E-state index contributed by atoms with van der Waals surface area (Å²) in [5, 5.41) is 17.0. The molecule has 4 N–H and O–H groups in total. The van der Waals surface area contributed by atoms with Crippen molar-refractivity contribution in [2.24, 2.45) is 5.73 Å². The first-order chi connectivity index (χ1) is 9.20. The van der Waals surface area contributed by atoms with Crippen molar-refractivity contribution in [3.05, 3.63) is 28.8 Å². The van der Waals surface area contributed by atoms with E-state index in [4.69, 9.17) is 20.4 Å². The highest BCUT2D eigenvalue weighted by Crippen LogP contribution is 2.35. The summed E-state index contributed by atoms with van der Waals surface area (Å²) in [5.41, 5.74) is 7.89. The van der Waals surface area contributed by atoms with E-state index in [1.807, 2.05) is 32.9 Å². The van der Waals surface area contributed by atoms with E-state index < -0.39 is 5.60 Å². The SMILES string of the molecule is CCOc1c(C(C)(C)O)ccc([C@@H](C)N)c1C.O=CO. The Balaban J connectivity index is 0.00000110. The van der Waals surface area contributed by atoms with Crippen molar-refractivity contribution < 1.29 is 19.7 Å². The van der Waals surface area contributed by atoms with E-state index in [2.05, 4.69) is 0 Å². The summed E-state index contributed by atoms with van der Waals surface area (Å²) in [4.78, 5) is 8.36. The maximum atomic E-state index is 10.1. The molecule has 0 aliphatic rings. The first kappa shape index (κ1) is 18.4. The highest BCUT2D eigenvalue weighted by molar-refractivity contribution is 5.49. The molecule has 0 aliphatic heterocycles. The maximum absolute atomic E-state index is 10.1. The lowest BCUT2D eigenvalue weighted by Crippen LogP contribution is -2.19. The third-order valence-corrected chi connectivity index (χ3v) is 2.89. The molecule has 0 unspecified atom stereocenters. The first-order valence-electron chi connectivity index (χ1n) is 6.53. The Labute approximate surface area is 120 Å². The van der Waals surface area contributed by atoms with Gasteiger partial charge in [-0.1, -0.05) is 12.1 Å². The highest BCUT2D eigenvalue weighted by Gasteiger charge is 2.24. The number of carboxylic acid groups (broad SMARTS) is 1. The van der Waals surface area contributed by atoms with Gasteiger partial charge in [0.05, 0.1) is 12.2 Å². The molecule has 0 saturated carbocycles. The van der Waals surface area contributed by atoms with Gasteiger partial charge in [0.25, 0.3) is 6.47 Å². The highest BCUT2D eigenvalue weighted by atomic mass is 16.5. The second kappa shape index (κ2) is 7.87. The van der Waals surface area contributed by atoms with Crippen LogP contribution in [0.3, 0.4) is 0 Å². The van der Waals surface area contributed by atoms with Crippen LogP contribution in [-0.2, 0) is 10.4 Å². The lowest BCUT2D eigenvalue weighted by atomic mass is 9.91. The van der Waals surface area contributed by atoms with Crippen LogP contribution < -0.4 is 10.5 Å². The minimum atomic E-state index is -0.911. The molecular formula is C15H25NO4. The Kier molecular flexibility index (Phi) is 7.24. The maximum Gasteiger partial charge on any atom is 0.290 e. The van der Waals surface area contributed by atoms with Gasteiger partial charge in [0.2, 0.25) is 0 Å². The Hall–Kier alpha value is -1.59. The van der Waals surface area contributed by atoms with E-state index in [-0.39, 0.29) is 12.5 Å². The quantitative estimate of drug-likeness (QED) is 0.737. The normalized spacial score (nSPS) is 12.2. The summed E-state index contributed by atoms with van der Waals surface area (Å²) in [7, 11) is 0. The number of nitrogens with two attached hydrogens (primary N) is 1. The molecule has 0 fully saturated rings. The minimum Gasteiger partial charge on any atom is -0.493 e. The molecule has 0 heterocycles. The molecule has 1 atom stereocenters. The van der Waals surface area contributed by atoms with Gasteiger partial charge in [0.1, 0.15) is 5.75 Å². The van der Waals surface area contributed by atoms with Gasteiger partial charge in [-0.15, -0.1) is 0 Å². The zero-order chi connectivity index (χ0) is 15.9. The second-order valence-electron chi connectivity index (χ2n) is 5.04. The van der Waals surface area contributed by atoms with E-state index in [1.54, 1.807) is 13.8 Å². The fourth-order valence-corrected chi connectivity index (χ4v) is 2.01. The van der Waals surface area contributed by atoms with Crippen molar-refractivity contribution in [3.8, 4) is 5.75 Å². The summed E-state index contributed by atoms with van der Waals surface area (Å²) < 4.78 is 5.67. The number of ether oxygens (including phenoxy) is 1. The van der Waals surface area contributed by atoms with Crippen molar-refractivity contribution >= 4 is 6.47 Å². The molecule has 0 aromatic heterocycles. The van der Waals surface area contributed by atoms with Gasteiger partial charge in [-0.3, -0.25) is 4.79 Å². The number of hydrogen-bond donors (Lipinski definition) is 3. The predicted molar refractivity (Wildman–Crippen MR) is 78.9 cm³/mol. The van der Waals surface area contributed by atoms with Crippen LogP contribution in [0.2, 0.25) is 0 Å². The van der Waals surface area contributed by atoms with E-state index in [0.717, 1.165) is 22.4 Å². The van der Waals surface area contributed by atoms with Crippen LogP contribution in [0, 0.1) is 6.92 Å². The largest absolute Gasteiger partial charge is 0.493 e. The van der Waals surface area contributed by atoms with Crippen molar-refractivity contribution in [3.63, 3.8) is 0 Å². The van der Waals surface area contributed by atoms with Crippen molar-refractivity contribution in [1.29, 1.82) is 0 Å². The molecule has 5 heteroatoms. The van der Waals surface area contributed by atoms with Gasteiger partial charge in [0.15, 0.2) is 0 Å². The average Bonchev–Trinajstić information content (AvgIpc) is 2.30. The van der Waals surface area contributed by atoms with Crippen molar-refractivity contribution in [2.45, 2.75) is 46.3 Å². The van der Waals surface area contributed by atoms with Crippen LogP contribution in [0.5, 0.6) is 5.75 Å². The number of rotatable bonds is 4. The van der Waals surface area contributed by atoms with Gasteiger partial charge < -0.3 is 20.7 Å². The summed E-state index contributed by atoms with van der Waals surface area (Å²) in [6.07, 6.45) is 0. The van der Waals surface area contributed by atoms with Gasteiger partial charge in [-0.25, -0.2) is 0 Å². The lowest BCUT2D eigenvalue weighted by molar-refractivity contribution is -0.122. The zero-order valence-electron chi connectivity index (χ0n) is 12.8. The van der Waals surface area contributed by atoms with Gasteiger partial charge in [-0.05, 0) is 45.7 Å². The van der Waals surface area contributed by atoms with Gasteiger partial charge >= 0.3 is 0 Å². The van der Waals surface area contributed by atoms with Crippen LogP contribution in [0.25, 0.3) is 0 Å². The number of aliphatic hydroxyl groups is 1. The standard InChI is InChI=1S/C14H23NO2.CH2O2/c1-6-17-13-9(2)11(10(3)15)7-8-12(13)14(4,5)16;2-1-3/h7-8,10,16H,6,15H2,1-5H3;1H,(H,2,3)/t10-;/m1./s1. The molecule has 0 aliphatic carbocycles. The third-order valence-electron chi connectivity index (χ3n) is 2.89. The van der Waals surface area contributed by atoms with Gasteiger partial charge in [-0.2, -0.15) is 0 Å². The van der Waals surface area contributed by atoms with Crippen LogP contribution in [0.15, 0.2) is 12.1 Å². The molecule has 0 radical (unpaired) electrons. The molecule has 0 amide bonds. The van der Waals surface area contributed by atoms with Crippen LogP contribution in [0.4, 0.5) is 0 Å². The molecule has 1 aromatic rings. The molecular weight excluding hydrogens is 258 g/mol. The Morgan fingerprint density at radius 2 is 1.95 bits per heavy atom. The smallest absolute Gasteiger partial charge is 0.290 e. The van der Waals surface area contributed by atoms with E-state index >= 15 is 0 Å². The van der Waals surface area contributed by atoms with Crippen LogP contribution >= 0.6 is 0 Å². The Morgan fingerprint density at radius 1 is 1.45 bits per heavy atom. The monoisotopic (exact) mass is 283 g/mol. The number of benzene rings is 1. The minimum absolute atomic E-state index is 0.0370. The van der Waals surface area contributed by atoms with Crippen molar-refractivity contribution in [1.82, 2.24) is 0 Å². The third kappa shape index (κ3) is 4.83. The van der Waals surface area contributed by atoms with Crippen molar-refractivity contribution in [2.75, 3.05) is 6.61 Å². The average molecular weight is 283 g/mol. The second-order valence-corrected chi connectivity index (χ2v) is 5.04. The summed E-state index contributed by atoms with van der Waals surface area (Å²) >= 11 is 0.